The molecule has 0 atom stereocenters. The number of nitrogens with one attached hydrogen (secondary N) is 2. The smallest absolute Gasteiger partial charge is 0.255 e. The number of nitrogens with zero attached hydrogens (tertiary/aromatic N) is 1. The summed E-state index contributed by atoms with van der Waals surface area (Å²) in [5.74, 6) is 0.437. The van der Waals surface area contributed by atoms with Crippen molar-refractivity contribution in [3.63, 3.8) is 0 Å². The number of carbonyl (C=O) groups is 1. The zero-order chi connectivity index (χ0) is 16.1. The fourth-order valence-electron chi connectivity index (χ4n) is 1.89. The lowest BCUT2D eigenvalue weighted by Gasteiger charge is -2.07. The van der Waals surface area contributed by atoms with Crippen LogP contribution < -0.4 is 10.9 Å². The van der Waals surface area contributed by atoms with E-state index in [0.29, 0.717) is 27.2 Å². The molecule has 2 aromatic rings. The van der Waals surface area contributed by atoms with Crippen LogP contribution in [-0.4, -0.2) is 22.9 Å². The number of carbonyl (C=O) groups excluding carboxylic acids is 1. The molecule has 0 saturated heterocycles. The highest BCUT2D eigenvalue weighted by atomic mass is 35.5. The number of hydrogen-bond acceptors (Lipinski definition) is 4. The lowest BCUT2D eigenvalue weighted by molar-refractivity contribution is -0.119. The third kappa shape index (κ3) is 4.35. The van der Waals surface area contributed by atoms with Crippen LogP contribution in [0, 0.1) is 6.92 Å². The summed E-state index contributed by atoms with van der Waals surface area (Å²) in [6.07, 6.45) is 0.0317. The SMILES string of the molecule is CNC(=O)Cc1c(C)nc(SCc2cccc(Cl)c2)[nH]c1=O. The van der Waals surface area contributed by atoms with Gasteiger partial charge in [-0.25, -0.2) is 4.98 Å². The highest BCUT2D eigenvalue weighted by Crippen LogP contribution is 2.21. The summed E-state index contributed by atoms with van der Waals surface area (Å²) < 4.78 is 0. The molecule has 7 heteroatoms. The molecule has 0 aliphatic rings. The van der Waals surface area contributed by atoms with E-state index in [1.807, 2.05) is 24.3 Å². The van der Waals surface area contributed by atoms with E-state index in [9.17, 15) is 9.59 Å². The van der Waals surface area contributed by atoms with Gasteiger partial charge in [-0.3, -0.25) is 9.59 Å². The van der Waals surface area contributed by atoms with Gasteiger partial charge in [0.2, 0.25) is 5.91 Å². The van der Waals surface area contributed by atoms with Gasteiger partial charge in [-0.2, -0.15) is 0 Å². The first-order valence-electron chi connectivity index (χ1n) is 6.67. The minimum atomic E-state index is -0.273. The van der Waals surface area contributed by atoms with Gasteiger partial charge in [0, 0.05) is 29.1 Å². The number of H-pyrrole nitrogens is 1. The summed E-state index contributed by atoms with van der Waals surface area (Å²) in [4.78, 5) is 30.5. The summed E-state index contributed by atoms with van der Waals surface area (Å²) in [7, 11) is 1.54. The van der Waals surface area contributed by atoms with Gasteiger partial charge in [0.05, 0.1) is 6.42 Å². The number of thioether (sulfide) groups is 1. The molecule has 116 valence electrons. The molecule has 0 saturated carbocycles. The number of amides is 1. The van der Waals surface area contributed by atoms with Crippen molar-refractivity contribution >= 4 is 29.3 Å². The number of rotatable bonds is 5. The molecule has 0 radical (unpaired) electrons. The summed E-state index contributed by atoms with van der Waals surface area (Å²) in [6, 6.07) is 7.53. The molecule has 0 bridgehead atoms. The van der Waals surface area contributed by atoms with Crippen molar-refractivity contribution in [3.8, 4) is 0 Å². The summed E-state index contributed by atoms with van der Waals surface area (Å²) in [6.45, 7) is 1.73. The maximum Gasteiger partial charge on any atom is 0.255 e. The molecule has 2 N–H and O–H groups in total. The Kier molecular flexibility index (Phi) is 5.63. The van der Waals surface area contributed by atoms with Crippen LogP contribution in [0.5, 0.6) is 0 Å². The Morgan fingerprint density at radius 1 is 1.45 bits per heavy atom. The minimum absolute atomic E-state index is 0.0317. The predicted molar refractivity (Wildman–Crippen MR) is 88.4 cm³/mol. The number of halogens is 1. The van der Waals surface area contributed by atoms with Crippen LogP contribution in [-0.2, 0) is 17.0 Å². The number of aromatic nitrogens is 2. The second-order valence-corrected chi connectivity index (χ2v) is 6.10. The highest BCUT2D eigenvalue weighted by Gasteiger charge is 2.12. The van der Waals surface area contributed by atoms with E-state index in [1.165, 1.54) is 18.8 Å². The average Bonchev–Trinajstić information content (AvgIpc) is 2.48. The summed E-state index contributed by atoms with van der Waals surface area (Å²) >= 11 is 7.36. The van der Waals surface area contributed by atoms with Crippen LogP contribution in [0.3, 0.4) is 0 Å². The van der Waals surface area contributed by atoms with Gasteiger partial charge in [0.1, 0.15) is 0 Å². The van der Waals surface area contributed by atoms with E-state index in [-0.39, 0.29) is 17.9 Å². The van der Waals surface area contributed by atoms with Gasteiger partial charge >= 0.3 is 0 Å². The standard InChI is InChI=1S/C15H16ClN3O2S/c1-9-12(7-13(20)17-2)14(21)19-15(18-9)22-8-10-4-3-5-11(16)6-10/h3-6H,7-8H2,1-2H3,(H,17,20)(H,18,19,21). The number of likely N-dealkylation sites (N-methyl/N-ethyl adjacent to an activating group) is 1. The Bertz CT molecular complexity index is 746. The molecular formula is C15H16ClN3O2S. The van der Waals surface area contributed by atoms with Crippen molar-refractivity contribution < 1.29 is 4.79 Å². The quantitative estimate of drug-likeness (QED) is 0.648. The van der Waals surface area contributed by atoms with Gasteiger partial charge in [-0.05, 0) is 24.6 Å². The molecule has 1 aromatic carbocycles. The fourth-order valence-corrected chi connectivity index (χ4v) is 2.95. The Hall–Kier alpha value is -1.79. The van der Waals surface area contributed by atoms with Crippen LogP contribution in [0.2, 0.25) is 5.02 Å². The third-order valence-corrected chi connectivity index (χ3v) is 4.26. The first kappa shape index (κ1) is 16.6. The fraction of sp³-hybridized carbons (Fsp3) is 0.267. The summed E-state index contributed by atoms with van der Waals surface area (Å²) in [5, 5.41) is 3.71. The second kappa shape index (κ2) is 7.47. The van der Waals surface area contributed by atoms with Crippen LogP contribution in [0.15, 0.2) is 34.2 Å². The number of aromatic amines is 1. The van der Waals surface area contributed by atoms with E-state index in [0.717, 1.165) is 5.56 Å². The maximum atomic E-state index is 12.1. The van der Waals surface area contributed by atoms with Crippen molar-refractivity contribution in [2.24, 2.45) is 0 Å². The molecule has 0 aliphatic carbocycles. The Labute approximate surface area is 137 Å². The maximum absolute atomic E-state index is 12.1. The van der Waals surface area contributed by atoms with E-state index in [1.54, 1.807) is 6.92 Å². The van der Waals surface area contributed by atoms with Crippen LogP contribution >= 0.6 is 23.4 Å². The van der Waals surface area contributed by atoms with E-state index in [4.69, 9.17) is 11.6 Å². The highest BCUT2D eigenvalue weighted by molar-refractivity contribution is 7.98. The number of benzene rings is 1. The molecule has 1 heterocycles. The Morgan fingerprint density at radius 3 is 2.86 bits per heavy atom. The van der Waals surface area contributed by atoms with E-state index < -0.39 is 0 Å². The van der Waals surface area contributed by atoms with Gasteiger partial charge in [-0.15, -0.1) is 0 Å². The minimum Gasteiger partial charge on any atom is -0.359 e. The first-order valence-corrected chi connectivity index (χ1v) is 8.03. The Balaban J connectivity index is 2.13. The molecule has 22 heavy (non-hydrogen) atoms. The monoisotopic (exact) mass is 337 g/mol. The second-order valence-electron chi connectivity index (χ2n) is 4.70. The van der Waals surface area contributed by atoms with Crippen molar-refractivity contribution in [1.29, 1.82) is 0 Å². The van der Waals surface area contributed by atoms with E-state index in [2.05, 4.69) is 15.3 Å². The zero-order valence-electron chi connectivity index (χ0n) is 12.3. The van der Waals surface area contributed by atoms with Crippen LogP contribution in [0.1, 0.15) is 16.8 Å². The lowest BCUT2D eigenvalue weighted by atomic mass is 10.1. The lowest BCUT2D eigenvalue weighted by Crippen LogP contribution is -2.26. The molecule has 5 nitrogen and oxygen atoms in total. The van der Waals surface area contributed by atoms with Crippen molar-refractivity contribution in [3.05, 3.63) is 56.5 Å². The predicted octanol–water partition coefficient (Wildman–Crippen LogP) is 2.31. The number of hydrogen-bond donors (Lipinski definition) is 2. The molecule has 0 aliphatic heterocycles. The van der Waals surface area contributed by atoms with Crippen molar-refractivity contribution in [2.75, 3.05) is 7.05 Å². The molecule has 0 fully saturated rings. The molecule has 1 amide bonds. The third-order valence-electron chi connectivity index (χ3n) is 3.08. The zero-order valence-corrected chi connectivity index (χ0v) is 13.8. The van der Waals surface area contributed by atoms with E-state index >= 15 is 0 Å². The Morgan fingerprint density at radius 2 is 2.23 bits per heavy atom. The molecule has 0 unspecified atom stereocenters. The summed E-state index contributed by atoms with van der Waals surface area (Å²) in [5.41, 5.74) is 1.74. The molecule has 0 spiro atoms. The van der Waals surface area contributed by atoms with Crippen molar-refractivity contribution in [1.82, 2.24) is 15.3 Å². The van der Waals surface area contributed by atoms with Crippen LogP contribution in [0.25, 0.3) is 0 Å². The first-order chi connectivity index (χ1) is 10.5. The van der Waals surface area contributed by atoms with Gasteiger partial charge < -0.3 is 10.3 Å². The van der Waals surface area contributed by atoms with Gasteiger partial charge in [-0.1, -0.05) is 35.5 Å². The number of aryl methyl sites for hydroxylation is 1. The molecule has 2 rings (SSSR count). The average molecular weight is 338 g/mol. The normalized spacial score (nSPS) is 10.5. The molecular weight excluding hydrogens is 322 g/mol. The molecule has 1 aromatic heterocycles. The van der Waals surface area contributed by atoms with Gasteiger partial charge in [0.25, 0.3) is 5.56 Å². The van der Waals surface area contributed by atoms with Gasteiger partial charge in [0.15, 0.2) is 5.16 Å². The van der Waals surface area contributed by atoms with Crippen molar-refractivity contribution in [2.45, 2.75) is 24.3 Å². The topological polar surface area (TPSA) is 74.8 Å². The largest absolute Gasteiger partial charge is 0.359 e. The van der Waals surface area contributed by atoms with Crippen LogP contribution in [0.4, 0.5) is 0 Å².